The summed E-state index contributed by atoms with van der Waals surface area (Å²) >= 11 is 0. The molecule has 2 heterocycles. The predicted molar refractivity (Wildman–Crippen MR) is 88.8 cm³/mol. The molecular formula is C18H22N2O4. The highest BCUT2D eigenvalue weighted by atomic mass is 16.4. The third-order valence-corrected chi connectivity index (χ3v) is 5.00. The van der Waals surface area contributed by atoms with Gasteiger partial charge in [0.15, 0.2) is 0 Å². The molecule has 0 bridgehead atoms. The van der Waals surface area contributed by atoms with E-state index in [4.69, 9.17) is 5.11 Å². The van der Waals surface area contributed by atoms with Gasteiger partial charge in [0.1, 0.15) is 0 Å². The Kier molecular flexibility index (Phi) is 4.55. The van der Waals surface area contributed by atoms with E-state index < -0.39 is 5.97 Å². The number of benzene rings is 1. The van der Waals surface area contributed by atoms with Gasteiger partial charge in [-0.25, -0.2) is 4.79 Å². The maximum Gasteiger partial charge on any atom is 0.335 e. The van der Waals surface area contributed by atoms with Crippen LogP contribution in [0, 0.1) is 11.8 Å². The molecule has 1 aromatic rings. The molecule has 3 rings (SSSR count). The monoisotopic (exact) mass is 330 g/mol. The first-order valence-electron chi connectivity index (χ1n) is 8.38. The molecule has 6 heteroatoms. The molecule has 1 N–H and O–H groups in total. The number of anilines is 1. The van der Waals surface area contributed by atoms with Gasteiger partial charge in [-0.3, -0.25) is 9.59 Å². The van der Waals surface area contributed by atoms with Crippen molar-refractivity contribution >= 4 is 23.5 Å². The lowest BCUT2D eigenvalue weighted by Gasteiger charge is -2.32. The first-order chi connectivity index (χ1) is 11.5. The van der Waals surface area contributed by atoms with Crippen LogP contribution < -0.4 is 4.90 Å². The van der Waals surface area contributed by atoms with Crippen LogP contribution in [0.5, 0.6) is 0 Å². The third kappa shape index (κ3) is 3.27. The fraction of sp³-hybridized carbons (Fsp3) is 0.500. The molecule has 24 heavy (non-hydrogen) atoms. The first-order valence-corrected chi connectivity index (χ1v) is 8.38. The Morgan fingerprint density at radius 3 is 2.33 bits per heavy atom. The van der Waals surface area contributed by atoms with Gasteiger partial charge >= 0.3 is 5.97 Å². The average Bonchev–Trinajstić information content (AvgIpc) is 2.97. The summed E-state index contributed by atoms with van der Waals surface area (Å²) in [5, 5.41) is 8.94. The number of likely N-dealkylation sites (tertiary alicyclic amines) is 1. The zero-order chi connectivity index (χ0) is 17.3. The Morgan fingerprint density at radius 1 is 1.12 bits per heavy atom. The smallest absolute Gasteiger partial charge is 0.335 e. The van der Waals surface area contributed by atoms with Crippen LogP contribution in [-0.2, 0) is 9.59 Å². The summed E-state index contributed by atoms with van der Waals surface area (Å²) in [6.07, 6.45) is 2.27. The number of rotatable bonds is 3. The van der Waals surface area contributed by atoms with E-state index >= 15 is 0 Å². The fourth-order valence-corrected chi connectivity index (χ4v) is 3.39. The largest absolute Gasteiger partial charge is 0.478 e. The number of aromatic carboxylic acids is 1. The van der Waals surface area contributed by atoms with Crippen LogP contribution >= 0.6 is 0 Å². The second kappa shape index (κ2) is 6.63. The van der Waals surface area contributed by atoms with Gasteiger partial charge < -0.3 is 14.9 Å². The van der Waals surface area contributed by atoms with Crippen molar-refractivity contribution in [1.82, 2.24) is 4.90 Å². The molecule has 1 atom stereocenters. The standard InChI is InChI=1S/C18H22N2O4/c1-12-6-8-19(9-7-12)17(22)14-10-16(21)20(11-14)15-4-2-13(3-5-15)18(23)24/h2-5,12,14H,6-11H2,1H3,(H,23,24)/t14-/m0/s1. The van der Waals surface area contributed by atoms with Crippen molar-refractivity contribution in [3.63, 3.8) is 0 Å². The van der Waals surface area contributed by atoms with Crippen LogP contribution in [0.25, 0.3) is 0 Å². The Hall–Kier alpha value is -2.37. The minimum absolute atomic E-state index is 0.0694. The number of carboxylic acids is 1. The van der Waals surface area contributed by atoms with Gasteiger partial charge in [-0.05, 0) is 43.0 Å². The number of nitrogens with zero attached hydrogens (tertiary/aromatic N) is 2. The maximum absolute atomic E-state index is 12.6. The number of carbonyl (C=O) groups is 3. The predicted octanol–water partition coefficient (Wildman–Crippen LogP) is 2.00. The molecule has 128 valence electrons. The molecule has 2 aliphatic rings. The molecule has 1 aromatic carbocycles. The second-order valence-corrected chi connectivity index (χ2v) is 6.77. The number of carboxylic acid groups (broad SMARTS) is 1. The van der Waals surface area contributed by atoms with E-state index in [0.29, 0.717) is 18.2 Å². The van der Waals surface area contributed by atoms with E-state index in [0.717, 1.165) is 25.9 Å². The SMILES string of the molecule is CC1CCN(C(=O)[C@H]2CC(=O)N(c3ccc(C(=O)O)cc3)C2)CC1. The molecular weight excluding hydrogens is 308 g/mol. The first kappa shape index (κ1) is 16.5. The fourth-order valence-electron chi connectivity index (χ4n) is 3.39. The molecule has 6 nitrogen and oxygen atoms in total. The minimum atomic E-state index is -0.998. The molecule has 2 fully saturated rings. The van der Waals surface area contributed by atoms with Gasteiger partial charge in [0.05, 0.1) is 11.5 Å². The van der Waals surface area contributed by atoms with E-state index in [1.54, 1.807) is 17.0 Å². The van der Waals surface area contributed by atoms with Gasteiger partial charge in [0.2, 0.25) is 11.8 Å². The van der Waals surface area contributed by atoms with Crippen molar-refractivity contribution in [2.45, 2.75) is 26.2 Å². The zero-order valence-electron chi connectivity index (χ0n) is 13.8. The summed E-state index contributed by atoms with van der Waals surface area (Å²) in [7, 11) is 0. The van der Waals surface area contributed by atoms with Crippen LogP contribution in [0.2, 0.25) is 0 Å². The van der Waals surface area contributed by atoms with Crippen molar-refractivity contribution in [3.05, 3.63) is 29.8 Å². The molecule has 0 spiro atoms. The molecule has 0 radical (unpaired) electrons. The number of carbonyl (C=O) groups excluding carboxylic acids is 2. The Bertz CT molecular complexity index is 647. The second-order valence-electron chi connectivity index (χ2n) is 6.77. The van der Waals surface area contributed by atoms with Gasteiger partial charge in [0, 0.05) is 31.7 Å². The van der Waals surface area contributed by atoms with Crippen molar-refractivity contribution in [2.24, 2.45) is 11.8 Å². The van der Waals surface area contributed by atoms with E-state index in [9.17, 15) is 14.4 Å². The quantitative estimate of drug-likeness (QED) is 0.919. The van der Waals surface area contributed by atoms with Crippen LogP contribution in [0.15, 0.2) is 24.3 Å². The highest BCUT2D eigenvalue weighted by Gasteiger charge is 2.37. The third-order valence-electron chi connectivity index (χ3n) is 5.00. The average molecular weight is 330 g/mol. The summed E-state index contributed by atoms with van der Waals surface area (Å²) in [5.41, 5.74) is 0.827. The molecule has 0 saturated carbocycles. The maximum atomic E-state index is 12.6. The molecule has 0 aliphatic carbocycles. The summed E-state index contributed by atoms with van der Waals surface area (Å²) in [4.78, 5) is 39.3. The van der Waals surface area contributed by atoms with Crippen LogP contribution in [0.3, 0.4) is 0 Å². The summed E-state index contributed by atoms with van der Waals surface area (Å²) in [5.74, 6) is -0.656. The highest BCUT2D eigenvalue weighted by molar-refractivity contribution is 6.00. The van der Waals surface area contributed by atoms with Crippen molar-refractivity contribution in [2.75, 3.05) is 24.5 Å². The van der Waals surface area contributed by atoms with Gasteiger partial charge in [-0.1, -0.05) is 6.92 Å². The Labute approximate surface area is 141 Å². The number of amides is 2. The summed E-state index contributed by atoms with van der Waals surface area (Å²) < 4.78 is 0. The molecule has 2 aliphatic heterocycles. The van der Waals surface area contributed by atoms with Crippen LogP contribution in [0.1, 0.15) is 36.5 Å². The topological polar surface area (TPSA) is 77.9 Å². The lowest BCUT2D eigenvalue weighted by Crippen LogP contribution is -2.42. The molecule has 0 unspecified atom stereocenters. The van der Waals surface area contributed by atoms with Gasteiger partial charge in [0.25, 0.3) is 0 Å². The van der Waals surface area contributed by atoms with E-state index in [1.165, 1.54) is 12.1 Å². The molecule has 2 amide bonds. The van der Waals surface area contributed by atoms with Crippen molar-refractivity contribution in [3.8, 4) is 0 Å². The minimum Gasteiger partial charge on any atom is -0.478 e. The zero-order valence-corrected chi connectivity index (χ0v) is 13.8. The highest BCUT2D eigenvalue weighted by Crippen LogP contribution is 2.28. The normalized spacial score (nSPS) is 22.0. The van der Waals surface area contributed by atoms with E-state index in [-0.39, 0.29) is 29.7 Å². The summed E-state index contributed by atoms with van der Waals surface area (Å²) in [6, 6.07) is 6.20. The number of hydrogen-bond acceptors (Lipinski definition) is 3. The number of hydrogen-bond donors (Lipinski definition) is 1. The Balaban J connectivity index is 1.67. The van der Waals surface area contributed by atoms with Crippen molar-refractivity contribution in [1.29, 1.82) is 0 Å². The van der Waals surface area contributed by atoms with Crippen LogP contribution in [-0.4, -0.2) is 47.4 Å². The van der Waals surface area contributed by atoms with Gasteiger partial charge in [-0.15, -0.1) is 0 Å². The lowest BCUT2D eigenvalue weighted by molar-refractivity contribution is -0.137. The molecule has 2 saturated heterocycles. The van der Waals surface area contributed by atoms with Crippen molar-refractivity contribution < 1.29 is 19.5 Å². The van der Waals surface area contributed by atoms with E-state index in [2.05, 4.69) is 6.92 Å². The summed E-state index contributed by atoms with van der Waals surface area (Å²) in [6.45, 7) is 4.12. The lowest BCUT2D eigenvalue weighted by atomic mass is 9.97. The Morgan fingerprint density at radius 2 is 1.75 bits per heavy atom. The van der Waals surface area contributed by atoms with Gasteiger partial charge in [-0.2, -0.15) is 0 Å². The van der Waals surface area contributed by atoms with E-state index in [1.807, 2.05) is 4.90 Å². The molecule has 0 aromatic heterocycles. The van der Waals surface area contributed by atoms with Crippen LogP contribution in [0.4, 0.5) is 5.69 Å². The number of piperidine rings is 1.